The van der Waals surface area contributed by atoms with Crippen LogP contribution < -0.4 is 14.2 Å². The van der Waals surface area contributed by atoms with Crippen LogP contribution in [0.2, 0.25) is 0 Å². The Bertz CT molecular complexity index is 1740. The first-order valence-corrected chi connectivity index (χ1v) is 16.1. The molecule has 5 rings (SSSR count). The molecule has 1 aliphatic carbocycles. The molecular weight excluding hydrogens is 602 g/mol. The zero-order valence-electron chi connectivity index (χ0n) is 25.3. The number of aliphatic hydroxyl groups excluding tert-OH is 1. The molecule has 1 heterocycles. The smallest absolute Gasteiger partial charge is 0.269 e. The lowest BCUT2D eigenvalue weighted by molar-refractivity contribution is -0.118. The van der Waals surface area contributed by atoms with Gasteiger partial charge in [-0.25, -0.2) is 21.9 Å². The molecule has 0 radical (unpaired) electrons. The fourth-order valence-corrected chi connectivity index (χ4v) is 7.36. The first kappa shape index (κ1) is 32.2. The van der Waals surface area contributed by atoms with Crippen LogP contribution in [0.4, 0.5) is 8.78 Å². The third-order valence-corrected chi connectivity index (χ3v) is 9.82. The molecule has 2 N–H and O–H groups in total. The number of hydrogen-bond donors (Lipinski definition) is 2. The molecule has 8 nitrogen and oxygen atoms in total. The molecule has 45 heavy (non-hydrogen) atoms. The van der Waals surface area contributed by atoms with Crippen LogP contribution in [0.3, 0.4) is 0 Å². The van der Waals surface area contributed by atoms with Crippen LogP contribution in [-0.4, -0.2) is 38.2 Å². The minimum atomic E-state index is -4.76. The molecule has 0 fully saturated rings. The van der Waals surface area contributed by atoms with Crippen molar-refractivity contribution in [3.63, 3.8) is 0 Å². The first-order valence-electron chi connectivity index (χ1n) is 14.6. The summed E-state index contributed by atoms with van der Waals surface area (Å²) in [5.74, 6) is -2.22. The van der Waals surface area contributed by atoms with Crippen molar-refractivity contribution in [2.45, 2.75) is 50.2 Å². The summed E-state index contributed by atoms with van der Waals surface area (Å²) in [5.41, 5.74) is 4.61. The van der Waals surface area contributed by atoms with Crippen LogP contribution in [0.15, 0.2) is 78.0 Å². The Balaban J connectivity index is 1.34. The summed E-state index contributed by atoms with van der Waals surface area (Å²) in [6.07, 6.45) is 4.80. The van der Waals surface area contributed by atoms with Gasteiger partial charge in [-0.1, -0.05) is 30.3 Å². The van der Waals surface area contributed by atoms with Crippen LogP contribution in [0.25, 0.3) is 0 Å². The Morgan fingerprint density at radius 1 is 1.00 bits per heavy atom. The molecule has 0 saturated carbocycles. The van der Waals surface area contributed by atoms with Crippen molar-refractivity contribution in [2.24, 2.45) is 11.8 Å². The number of sulfonamides is 1. The van der Waals surface area contributed by atoms with E-state index in [9.17, 15) is 27.1 Å². The summed E-state index contributed by atoms with van der Waals surface area (Å²) in [6.45, 7) is 2.30. The molecule has 4 aromatic rings. The minimum Gasteiger partial charge on any atom is -0.496 e. The highest BCUT2D eigenvalue weighted by Crippen LogP contribution is 2.39. The normalized spacial score (nSPS) is 14.5. The van der Waals surface area contributed by atoms with Gasteiger partial charge in [-0.3, -0.25) is 4.79 Å². The number of nitrogens with zero attached hydrogens (tertiary/aromatic N) is 1. The number of ether oxygens (including phenoxy) is 2. The van der Waals surface area contributed by atoms with Crippen molar-refractivity contribution >= 4 is 15.9 Å². The number of fused-ring (bicyclic) bond motifs is 1. The number of carbonyl (C=O) groups excluding carboxylic acids is 1. The van der Waals surface area contributed by atoms with Gasteiger partial charge in [0.25, 0.3) is 10.0 Å². The van der Waals surface area contributed by atoms with E-state index in [4.69, 9.17) is 9.47 Å². The molecule has 2 atom stereocenters. The largest absolute Gasteiger partial charge is 0.496 e. The summed E-state index contributed by atoms with van der Waals surface area (Å²) < 4.78 is 67.9. The number of rotatable bonds is 12. The monoisotopic (exact) mass is 638 g/mol. The molecule has 1 aromatic heterocycles. The quantitative estimate of drug-likeness (QED) is 0.218. The molecule has 3 aromatic carbocycles. The Hall–Kier alpha value is -4.22. The Labute approximate surface area is 261 Å². The van der Waals surface area contributed by atoms with Gasteiger partial charge in [0.05, 0.1) is 26.7 Å². The van der Waals surface area contributed by atoms with Gasteiger partial charge in [0.15, 0.2) is 4.90 Å². The second-order valence-electron chi connectivity index (χ2n) is 11.5. The predicted molar refractivity (Wildman–Crippen MR) is 165 cm³/mol. The van der Waals surface area contributed by atoms with E-state index in [2.05, 4.69) is 12.1 Å². The Morgan fingerprint density at radius 3 is 2.18 bits per heavy atom. The van der Waals surface area contributed by atoms with Gasteiger partial charge in [0.1, 0.15) is 23.1 Å². The topological polar surface area (TPSA) is 107 Å². The minimum absolute atomic E-state index is 0.236. The molecule has 0 bridgehead atoms. The second-order valence-corrected chi connectivity index (χ2v) is 13.1. The maximum Gasteiger partial charge on any atom is 0.269 e. The number of methoxy groups -OCH3 is 2. The maximum atomic E-state index is 14.1. The van der Waals surface area contributed by atoms with E-state index in [0.717, 1.165) is 43.0 Å². The van der Waals surface area contributed by atoms with Crippen LogP contribution in [-0.2, 0) is 40.6 Å². The lowest BCUT2D eigenvalue weighted by Gasteiger charge is -2.27. The van der Waals surface area contributed by atoms with Crippen molar-refractivity contribution in [1.29, 1.82) is 0 Å². The predicted octanol–water partition coefficient (Wildman–Crippen LogP) is 5.29. The summed E-state index contributed by atoms with van der Waals surface area (Å²) in [6, 6.07) is 16.3. The third kappa shape index (κ3) is 7.20. The number of halogens is 2. The van der Waals surface area contributed by atoms with Gasteiger partial charge >= 0.3 is 0 Å². The molecule has 0 aliphatic heterocycles. The van der Waals surface area contributed by atoms with Gasteiger partial charge in [0, 0.05) is 30.4 Å². The van der Waals surface area contributed by atoms with Gasteiger partial charge in [-0.2, -0.15) is 0 Å². The highest BCUT2D eigenvalue weighted by Gasteiger charge is 2.30. The molecular formula is C34H36F2N2O6S. The van der Waals surface area contributed by atoms with Crippen molar-refractivity contribution in [3.05, 3.63) is 113 Å². The zero-order chi connectivity index (χ0) is 32.3. The van der Waals surface area contributed by atoms with Gasteiger partial charge in [0.2, 0.25) is 5.91 Å². The average molecular weight is 639 g/mol. The van der Waals surface area contributed by atoms with Crippen LogP contribution >= 0.6 is 0 Å². The van der Waals surface area contributed by atoms with E-state index >= 15 is 0 Å². The molecule has 11 heteroatoms. The highest BCUT2D eigenvalue weighted by molar-refractivity contribution is 7.90. The Morgan fingerprint density at radius 2 is 1.60 bits per heavy atom. The second kappa shape index (κ2) is 13.4. The first-order chi connectivity index (χ1) is 21.5. The van der Waals surface area contributed by atoms with E-state index in [-0.39, 0.29) is 12.3 Å². The van der Waals surface area contributed by atoms with E-state index in [1.165, 1.54) is 11.1 Å². The van der Waals surface area contributed by atoms with E-state index in [0.29, 0.717) is 35.1 Å². The van der Waals surface area contributed by atoms with E-state index in [1.54, 1.807) is 37.4 Å². The molecule has 0 saturated heterocycles. The number of benzene rings is 3. The average Bonchev–Trinajstić information content (AvgIpc) is 3.61. The fraction of sp³-hybridized carbons (Fsp3) is 0.324. The number of hydrogen-bond acceptors (Lipinski definition) is 6. The fourth-order valence-electron chi connectivity index (χ4n) is 6.24. The molecule has 1 aliphatic rings. The maximum absolute atomic E-state index is 14.1. The van der Waals surface area contributed by atoms with Crippen molar-refractivity contribution in [3.8, 4) is 11.5 Å². The standard InChI is InChI=1S/C34H36F2N2O6S/c1-21-30(43-2)17-26(18-31(21)44-3)33(40)27(15-23-13-24-7-4-5-8-25(24)14-23)20-38-12-11-22(19-38)16-32(39)37-45(41,42)34-28(35)9-6-10-29(34)36/h4-12,17-19,23,27,33,40H,13-16,20H2,1-3H3,(H,37,39)/t27-,33-/m1/s1. The Kier molecular flexibility index (Phi) is 9.59. The van der Waals surface area contributed by atoms with Crippen molar-refractivity contribution in [2.75, 3.05) is 14.2 Å². The number of amides is 1. The summed E-state index contributed by atoms with van der Waals surface area (Å²) >= 11 is 0. The van der Waals surface area contributed by atoms with Gasteiger partial charge < -0.3 is 19.1 Å². The molecule has 0 unspecified atom stereocenters. The summed E-state index contributed by atoms with van der Waals surface area (Å²) in [7, 11) is -1.62. The summed E-state index contributed by atoms with van der Waals surface area (Å²) in [4.78, 5) is 11.4. The third-order valence-electron chi connectivity index (χ3n) is 8.39. The molecule has 1 amide bonds. The van der Waals surface area contributed by atoms with Gasteiger partial charge in [-0.05, 0) is 84.7 Å². The lowest BCUT2D eigenvalue weighted by Crippen LogP contribution is -2.33. The number of carbonyl (C=O) groups is 1. The molecule has 0 spiro atoms. The lowest BCUT2D eigenvalue weighted by atomic mass is 9.85. The van der Waals surface area contributed by atoms with E-state index in [1.807, 2.05) is 35.8 Å². The van der Waals surface area contributed by atoms with Crippen LogP contribution in [0, 0.1) is 30.4 Å². The van der Waals surface area contributed by atoms with Gasteiger partial charge in [-0.15, -0.1) is 0 Å². The summed E-state index contributed by atoms with van der Waals surface area (Å²) in [5, 5.41) is 11.8. The molecule has 238 valence electrons. The highest BCUT2D eigenvalue weighted by atomic mass is 32.2. The van der Waals surface area contributed by atoms with Crippen molar-refractivity contribution < 1.29 is 36.6 Å². The number of aliphatic hydroxyl groups is 1. The van der Waals surface area contributed by atoms with Crippen molar-refractivity contribution in [1.82, 2.24) is 9.29 Å². The van der Waals surface area contributed by atoms with Crippen LogP contribution in [0.1, 0.15) is 40.3 Å². The van der Waals surface area contributed by atoms with E-state index < -0.39 is 38.6 Å². The number of nitrogens with one attached hydrogen (secondary N) is 1. The zero-order valence-corrected chi connectivity index (χ0v) is 26.1. The number of aromatic nitrogens is 1. The SMILES string of the molecule is COc1cc([C@@H](O)[C@H](CC2Cc3ccccc3C2)Cn2ccc(CC(=O)NS(=O)(=O)c3c(F)cccc3F)c2)cc(OC)c1C. The van der Waals surface area contributed by atoms with Crippen LogP contribution in [0.5, 0.6) is 11.5 Å².